The lowest BCUT2D eigenvalue weighted by molar-refractivity contribution is 0.0941. The van der Waals surface area contributed by atoms with Crippen molar-refractivity contribution in [1.29, 1.82) is 0 Å². The van der Waals surface area contributed by atoms with Crippen LogP contribution in [0, 0.1) is 13.8 Å². The lowest BCUT2D eigenvalue weighted by Crippen LogP contribution is -2.29. The number of nitrogens with zero attached hydrogens (tertiary/aromatic N) is 3. The highest BCUT2D eigenvalue weighted by atomic mass is 35.5. The lowest BCUT2D eigenvalue weighted by atomic mass is 10.2. The van der Waals surface area contributed by atoms with Crippen molar-refractivity contribution >= 4 is 17.5 Å². The van der Waals surface area contributed by atoms with Gasteiger partial charge in [-0.1, -0.05) is 29.8 Å². The summed E-state index contributed by atoms with van der Waals surface area (Å²) in [4.78, 5) is 13.7. The van der Waals surface area contributed by atoms with E-state index in [1.165, 1.54) is 4.80 Å². The monoisotopic (exact) mass is 370 g/mol. The summed E-state index contributed by atoms with van der Waals surface area (Å²) in [5, 5.41) is 11.9. The molecule has 6 nitrogen and oxygen atoms in total. The standard InChI is InChI=1S/C19H19ClN4O2/c1-13-5-3-8-17(11-13)26-10-9-21-19(25)18-14(2)22-24(23-18)16-7-4-6-15(20)12-16/h3-8,11-12H,9-10H2,1-2H3,(H,21,25). The minimum Gasteiger partial charge on any atom is -0.492 e. The molecule has 0 unspecified atom stereocenters. The summed E-state index contributed by atoms with van der Waals surface area (Å²) in [7, 11) is 0. The second-order valence-electron chi connectivity index (χ2n) is 5.82. The van der Waals surface area contributed by atoms with Gasteiger partial charge in [0, 0.05) is 5.02 Å². The zero-order valence-electron chi connectivity index (χ0n) is 14.6. The summed E-state index contributed by atoms with van der Waals surface area (Å²) in [6, 6.07) is 14.9. The van der Waals surface area contributed by atoms with Gasteiger partial charge in [-0.15, -0.1) is 5.10 Å². The summed E-state index contributed by atoms with van der Waals surface area (Å²) in [6.07, 6.45) is 0. The van der Waals surface area contributed by atoms with Gasteiger partial charge in [0.15, 0.2) is 5.69 Å². The Balaban J connectivity index is 1.58. The number of hydrogen-bond acceptors (Lipinski definition) is 4. The molecule has 0 fully saturated rings. The first-order valence-electron chi connectivity index (χ1n) is 8.20. The normalized spacial score (nSPS) is 10.6. The summed E-state index contributed by atoms with van der Waals surface area (Å²) >= 11 is 5.99. The number of amides is 1. The van der Waals surface area contributed by atoms with Crippen LogP contribution in [0.3, 0.4) is 0 Å². The third kappa shape index (κ3) is 4.40. The minimum absolute atomic E-state index is 0.278. The Bertz CT molecular complexity index is 923. The van der Waals surface area contributed by atoms with E-state index in [-0.39, 0.29) is 11.6 Å². The summed E-state index contributed by atoms with van der Waals surface area (Å²) in [5.74, 6) is 0.492. The van der Waals surface area contributed by atoms with E-state index < -0.39 is 0 Å². The molecule has 0 aliphatic rings. The molecule has 0 saturated heterocycles. The van der Waals surface area contributed by atoms with E-state index in [9.17, 15) is 4.79 Å². The zero-order chi connectivity index (χ0) is 18.5. The van der Waals surface area contributed by atoms with Crippen molar-refractivity contribution in [2.24, 2.45) is 0 Å². The van der Waals surface area contributed by atoms with E-state index in [0.717, 1.165) is 11.3 Å². The van der Waals surface area contributed by atoms with Crippen molar-refractivity contribution in [3.63, 3.8) is 0 Å². The Morgan fingerprint density at radius 1 is 1.15 bits per heavy atom. The van der Waals surface area contributed by atoms with E-state index >= 15 is 0 Å². The third-order valence-corrected chi connectivity index (χ3v) is 3.92. The van der Waals surface area contributed by atoms with Gasteiger partial charge in [-0.25, -0.2) is 0 Å². The van der Waals surface area contributed by atoms with Gasteiger partial charge in [0.05, 0.1) is 17.9 Å². The van der Waals surface area contributed by atoms with Crippen LogP contribution in [0.1, 0.15) is 21.7 Å². The summed E-state index contributed by atoms with van der Waals surface area (Å²) < 4.78 is 5.62. The molecule has 134 valence electrons. The Kier molecular flexibility index (Phi) is 5.53. The largest absolute Gasteiger partial charge is 0.492 e. The quantitative estimate of drug-likeness (QED) is 0.675. The smallest absolute Gasteiger partial charge is 0.273 e. The fourth-order valence-corrected chi connectivity index (χ4v) is 2.61. The van der Waals surface area contributed by atoms with Gasteiger partial charge < -0.3 is 10.1 Å². The van der Waals surface area contributed by atoms with Gasteiger partial charge in [0.2, 0.25) is 0 Å². The molecule has 0 spiro atoms. The number of benzene rings is 2. The molecule has 0 radical (unpaired) electrons. The SMILES string of the molecule is Cc1cccc(OCCNC(=O)c2nn(-c3cccc(Cl)c3)nc2C)c1. The highest BCUT2D eigenvalue weighted by Crippen LogP contribution is 2.14. The van der Waals surface area contributed by atoms with Crippen molar-refractivity contribution in [3.05, 3.63) is 70.5 Å². The minimum atomic E-state index is -0.288. The Morgan fingerprint density at radius 2 is 1.96 bits per heavy atom. The third-order valence-electron chi connectivity index (χ3n) is 3.68. The number of nitrogens with one attached hydrogen (secondary N) is 1. The van der Waals surface area contributed by atoms with Crippen molar-refractivity contribution in [1.82, 2.24) is 20.3 Å². The maximum absolute atomic E-state index is 12.3. The molecule has 3 rings (SSSR count). The number of carbonyl (C=O) groups excluding carboxylic acids is 1. The van der Waals surface area contributed by atoms with Crippen molar-refractivity contribution in [2.45, 2.75) is 13.8 Å². The lowest BCUT2D eigenvalue weighted by Gasteiger charge is -2.07. The average Bonchev–Trinajstić information content (AvgIpc) is 3.01. The van der Waals surface area contributed by atoms with Crippen LogP contribution >= 0.6 is 11.6 Å². The van der Waals surface area contributed by atoms with Gasteiger partial charge in [-0.05, 0) is 49.7 Å². The van der Waals surface area contributed by atoms with Crippen LogP contribution in [0.4, 0.5) is 0 Å². The highest BCUT2D eigenvalue weighted by molar-refractivity contribution is 6.30. The molecule has 0 bridgehead atoms. The van der Waals surface area contributed by atoms with Crippen LogP contribution in [0.2, 0.25) is 5.02 Å². The van der Waals surface area contributed by atoms with E-state index in [0.29, 0.717) is 29.6 Å². The van der Waals surface area contributed by atoms with E-state index in [4.69, 9.17) is 16.3 Å². The molecule has 1 aromatic heterocycles. The molecule has 0 saturated carbocycles. The number of carbonyl (C=O) groups is 1. The predicted molar refractivity (Wildman–Crippen MR) is 100 cm³/mol. The highest BCUT2D eigenvalue weighted by Gasteiger charge is 2.16. The first-order valence-corrected chi connectivity index (χ1v) is 8.58. The fraction of sp³-hybridized carbons (Fsp3) is 0.211. The van der Waals surface area contributed by atoms with E-state index in [2.05, 4.69) is 15.5 Å². The summed E-state index contributed by atoms with van der Waals surface area (Å²) in [5.41, 5.74) is 2.64. The number of ether oxygens (including phenoxy) is 1. The van der Waals surface area contributed by atoms with Crippen LogP contribution < -0.4 is 10.1 Å². The number of hydrogen-bond donors (Lipinski definition) is 1. The second-order valence-corrected chi connectivity index (χ2v) is 6.26. The average molecular weight is 371 g/mol. The molecular formula is C19H19ClN4O2. The molecule has 7 heteroatoms. The van der Waals surface area contributed by atoms with Crippen molar-refractivity contribution in [3.8, 4) is 11.4 Å². The Morgan fingerprint density at radius 3 is 2.73 bits per heavy atom. The fourth-order valence-electron chi connectivity index (χ4n) is 2.43. The van der Waals surface area contributed by atoms with E-state index in [1.54, 1.807) is 25.1 Å². The Labute approximate surface area is 156 Å². The van der Waals surface area contributed by atoms with Crippen LogP contribution in [-0.2, 0) is 0 Å². The zero-order valence-corrected chi connectivity index (χ0v) is 15.3. The predicted octanol–water partition coefficient (Wildman–Crippen LogP) is 3.35. The van der Waals surface area contributed by atoms with Gasteiger partial charge in [-0.2, -0.15) is 9.90 Å². The molecule has 26 heavy (non-hydrogen) atoms. The van der Waals surface area contributed by atoms with Crippen LogP contribution in [0.5, 0.6) is 5.75 Å². The van der Waals surface area contributed by atoms with Gasteiger partial charge in [-0.3, -0.25) is 4.79 Å². The molecule has 1 amide bonds. The van der Waals surface area contributed by atoms with E-state index in [1.807, 2.05) is 37.3 Å². The molecule has 0 atom stereocenters. The van der Waals surface area contributed by atoms with Crippen LogP contribution in [0.25, 0.3) is 5.69 Å². The first-order chi connectivity index (χ1) is 12.5. The Hall–Kier alpha value is -2.86. The van der Waals surface area contributed by atoms with Gasteiger partial charge in [0.1, 0.15) is 12.4 Å². The second kappa shape index (κ2) is 8.01. The van der Waals surface area contributed by atoms with Gasteiger partial charge >= 0.3 is 0 Å². The molecule has 2 aromatic carbocycles. The molecular weight excluding hydrogens is 352 g/mol. The molecule has 1 heterocycles. The number of rotatable bonds is 6. The maximum Gasteiger partial charge on any atom is 0.273 e. The molecule has 1 N–H and O–H groups in total. The number of halogens is 1. The molecule has 0 aliphatic carbocycles. The van der Waals surface area contributed by atoms with Crippen LogP contribution in [-0.4, -0.2) is 34.1 Å². The topological polar surface area (TPSA) is 69.0 Å². The maximum atomic E-state index is 12.3. The van der Waals surface area contributed by atoms with Gasteiger partial charge in [0.25, 0.3) is 5.91 Å². The number of aromatic nitrogens is 3. The molecule has 3 aromatic rings. The number of aryl methyl sites for hydroxylation is 2. The van der Waals surface area contributed by atoms with Crippen molar-refractivity contribution in [2.75, 3.05) is 13.2 Å². The molecule has 0 aliphatic heterocycles. The summed E-state index contributed by atoms with van der Waals surface area (Å²) in [6.45, 7) is 4.49. The first kappa shape index (κ1) is 17.9. The van der Waals surface area contributed by atoms with Crippen LogP contribution in [0.15, 0.2) is 48.5 Å². The van der Waals surface area contributed by atoms with Crippen molar-refractivity contribution < 1.29 is 9.53 Å².